The van der Waals surface area contributed by atoms with Crippen LogP contribution in [0.1, 0.15) is 42.1 Å². The molecule has 34 heavy (non-hydrogen) atoms. The van der Waals surface area contributed by atoms with E-state index in [1.165, 1.54) is 21.4 Å². The molecule has 5 nitrogen and oxygen atoms in total. The third-order valence-corrected chi connectivity index (χ3v) is 7.77. The maximum atomic E-state index is 13.6. The first kappa shape index (κ1) is 21.3. The molecule has 4 aromatic rings. The largest absolute Gasteiger partial charge is 0.357 e. The molecule has 0 aliphatic carbocycles. The molecule has 0 saturated carbocycles. The maximum absolute atomic E-state index is 13.6. The number of rotatable bonds is 3. The highest BCUT2D eigenvalue weighted by atomic mass is 79.9. The SMILES string of the molecule is CC1c2[nH]c3ccccc3c2C(c2ccccc2)CN1C1CC(=O)N(c2ccc(Br)cc2)C1=O. The summed E-state index contributed by atoms with van der Waals surface area (Å²) in [7, 11) is 0. The number of aromatic amines is 1. The number of carbonyl (C=O) groups excluding carboxylic acids is 2. The van der Waals surface area contributed by atoms with Gasteiger partial charge in [0.2, 0.25) is 5.91 Å². The number of benzene rings is 3. The zero-order valence-electron chi connectivity index (χ0n) is 18.7. The number of fused-ring (bicyclic) bond motifs is 3. The Morgan fingerprint density at radius 1 is 0.912 bits per heavy atom. The van der Waals surface area contributed by atoms with Crippen molar-refractivity contribution in [3.05, 3.63) is 100 Å². The molecule has 1 saturated heterocycles. The van der Waals surface area contributed by atoms with Crippen LogP contribution in [0.4, 0.5) is 5.69 Å². The lowest BCUT2D eigenvalue weighted by molar-refractivity contribution is -0.123. The van der Waals surface area contributed by atoms with Crippen LogP contribution < -0.4 is 4.90 Å². The average molecular weight is 514 g/mol. The van der Waals surface area contributed by atoms with Gasteiger partial charge in [-0.25, -0.2) is 4.90 Å². The van der Waals surface area contributed by atoms with Crippen LogP contribution in [-0.2, 0) is 9.59 Å². The Morgan fingerprint density at radius 3 is 2.38 bits per heavy atom. The van der Waals surface area contributed by atoms with E-state index in [0.29, 0.717) is 12.2 Å². The van der Waals surface area contributed by atoms with Gasteiger partial charge < -0.3 is 4.98 Å². The monoisotopic (exact) mass is 513 g/mol. The van der Waals surface area contributed by atoms with Gasteiger partial charge >= 0.3 is 0 Å². The van der Waals surface area contributed by atoms with Crippen molar-refractivity contribution in [3.8, 4) is 0 Å². The number of imide groups is 1. The highest BCUT2D eigenvalue weighted by molar-refractivity contribution is 9.10. The first-order chi connectivity index (χ1) is 16.5. The van der Waals surface area contributed by atoms with Gasteiger partial charge in [0.05, 0.1) is 18.2 Å². The van der Waals surface area contributed by atoms with Crippen LogP contribution >= 0.6 is 15.9 Å². The van der Waals surface area contributed by atoms with E-state index in [9.17, 15) is 9.59 Å². The van der Waals surface area contributed by atoms with Crippen LogP contribution in [0.5, 0.6) is 0 Å². The molecule has 6 heteroatoms. The van der Waals surface area contributed by atoms with Crippen LogP contribution in [0, 0.1) is 0 Å². The fourth-order valence-corrected chi connectivity index (χ4v) is 5.87. The van der Waals surface area contributed by atoms with Gasteiger partial charge in [0, 0.05) is 39.6 Å². The number of para-hydroxylation sites is 1. The van der Waals surface area contributed by atoms with Crippen molar-refractivity contribution in [2.75, 3.05) is 11.4 Å². The number of anilines is 1. The molecule has 1 fully saturated rings. The van der Waals surface area contributed by atoms with Crippen molar-refractivity contribution in [1.82, 2.24) is 9.88 Å². The second-order valence-electron chi connectivity index (χ2n) is 9.10. The molecule has 2 aliphatic heterocycles. The van der Waals surface area contributed by atoms with E-state index >= 15 is 0 Å². The van der Waals surface area contributed by atoms with Crippen molar-refractivity contribution in [2.24, 2.45) is 0 Å². The van der Waals surface area contributed by atoms with Crippen LogP contribution in [0.2, 0.25) is 0 Å². The van der Waals surface area contributed by atoms with E-state index in [4.69, 9.17) is 0 Å². The average Bonchev–Trinajstić information content (AvgIpc) is 3.38. The minimum Gasteiger partial charge on any atom is -0.357 e. The number of H-pyrrole nitrogens is 1. The Balaban J connectivity index is 1.42. The summed E-state index contributed by atoms with van der Waals surface area (Å²) >= 11 is 3.43. The predicted octanol–water partition coefficient (Wildman–Crippen LogP) is 5.77. The van der Waals surface area contributed by atoms with Crippen LogP contribution in [0.25, 0.3) is 10.9 Å². The van der Waals surface area contributed by atoms with Gasteiger partial charge in [-0.05, 0) is 48.4 Å². The van der Waals surface area contributed by atoms with E-state index in [2.05, 4.69) is 75.2 Å². The summed E-state index contributed by atoms with van der Waals surface area (Å²) in [4.78, 5) is 33.8. The van der Waals surface area contributed by atoms with Gasteiger partial charge in [-0.1, -0.05) is 64.5 Å². The molecule has 0 radical (unpaired) electrons. The van der Waals surface area contributed by atoms with E-state index in [1.807, 2.05) is 36.4 Å². The fourth-order valence-electron chi connectivity index (χ4n) is 5.61. The van der Waals surface area contributed by atoms with E-state index in [0.717, 1.165) is 15.7 Å². The topological polar surface area (TPSA) is 56.4 Å². The molecule has 2 aliphatic rings. The summed E-state index contributed by atoms with van der Waals surface area (Å²) in [6.07, 6.45) is 0.191. The molecule has 3 unspecified atom stereocenters. The number of amides is 2. The second kappa shape index (κ2) is 8.22. The molecule has 0 bridgehead atoms. The van der Waals surface area contributed by atoms with Crippen LogP contribution in [-0.4, -0.2) is 34.3 Å². The van der Waals surface area contributed by atoms with Crippen LogP contribution in [0.15, 0.2) is 83.3 Å². The molecule has 2 amide bonds. The summed E-state index contributed by atoms with van der Waals surface area (Å²) in [5.74, 6) is -0.193. The first-order valence-corrected chi connectivity index (χ1v) is 12.4. The Hall–Kier alpha value is -3.22. The molecule has 170 valence electrons. The number of halogens is 1. The van der Waals surface area contributed by atoms with Gasteiger partial charge in [-0.15, -0.1) is 0 Å². The second-order valence-corrected chi connectivity index (χ2v) is 10.0. The zero-order valence-corrected chi connectivity index (χ0v) is 20.3. The summed E-state index contributed by atoms with van der Waals surface area (Å²) in [6.45, 7) is 2.81. The number of aromatic nitrogens is 1. The van der Waals surface area contributed by atoms with Gasteiger partial charge in [0.1, 0.15) is 0 Å². The summed E-state index contributed by atoms with van der Waals surface area (Å²) < 4.78 is 0.911. The Labute approximate surface area is 206 Å². The molecule has 6 rings (SSSR count). The van der Waals surface area contributed by atoms with Gasteiger partial charge in [-0.3, -0.25) is 14.5 Å². The Kier molecular flexibility index (Phi) is 5.15. The minimum atomic E-state index is -0.489. The number of hydrogen-bond acceptors (Lipinski definition) is 3. The van der Waals surface area contributed by atoms with Crippen LogP contribution in [0.3, 0.4) is 0 Å². The van der Waals surface area contributed by atoms with Crippen molar-refractivity contribution in [2.45, 2.75) is 31.3 Å². The Bertz CT molecular complexity index is 1400. The third kappa shape index (κ3) is 3.32. The van der Waals surface area contributed by atoms with Crippen molar-refractivity contribution >= 4 is 44.3 Å². The number of carbonyl (C=O) groups is 2. The van der Waals surface area contributed by atoms with E-state index < -0.39 is 6.04 Å². The lowest BCUT2D eigenvalue weighted by atomic mass is 9.83. The van der Waals surface area contributed by atoms with Crippen molar-refractivity contribution < 1.29 is 9.59 Å². The quantitative estimate of drug-likeness (QED) is 0.353. The molecule has 3 atom stereocenters. The highest BCUT2D eigenvalue weighted by Gasteiger charge is 2.47. The smallest absolute Gasteiger partial charge is 0.251 e. The highest BCUT2D eigenvalue weighted by Crippen LogP contribution is 2.45. The summed E-state index contributed by atoms with van der Waals surface area (Å²) in [5, 5.41) is 1.23. The van der Waals surface area contributed by atoms with Crippen molar-refractivity contribution in [1.29, 1.82) is 0 Å². The lowest BCUT2D eigenvalue weighted by Gasteiger charge is -2.40. The molecule has 3 aromatic carbocycles. The van der Waals surface area contributed by atoms with E-state index in [-0.39, 0.29) is 30.2 Å². The van der Waals surface area contributed by atoms with Gasteiger partial charge in [0.25, 0.3) is 5.91 Å². The summed E-state index contributed by atoms with van der Waals surface area (Å²) in [5.41, 5.74) is 5.37. The number of hydrogen-bond donors (Lipinski definition) is 1. The lowest BCUT2D eigenvalue weighted by Crippen LogP contribution is -2.47. The first-order valence-electron chi connectivity index (χ1n) is 11.6. The molecule has 0 spiro atoms. The summed E-state index contributed by atoms with van der Waals surface area (Å²) in [6, 6.07) is 25.7. The maximum Gasteiger partial charge on any atom is 0.251 e. The number of nitrogens with one attached hydrogen (secondary N) is 1. The zero-order chi connectivity index (χ0) is 23.4. The molecule has 1 aromatic heterocycles. The minimum absolute atomic E-state index is 0.0195. The molecular weight excluding hydrogens is 490 g/mol. The fraction of sp³-hybridized carbons (Fsp3) is 0.214. The third-order valence-electron chi connectivity index (χ3n) is 7.24. The molecule has 1 N–H and O–H groups in total. The van der Waals surface area contributed by atoms with Gasteiger partial charge in [0.15, 0.2) is 0 Å². The van der Waals surface area contributed by atoms with Crippen molar-refractivity contribution in [3.63, 3.8) is 0 Å². The normalized spacial score (nSPS) is 23.0. The Morgan fingerprint density at radius 2 is 1.62 bits per heavy atom. The van der Waals surface area contributed by atoms with E-state index in [1.54, 1.807) is 0 Å². The standard InChI is InChI=1S/C28H24BrN3O2/c1-17-27-26(21-9-5-6-10-23(21)30-27)22(18-7-3-2-4-8-18)16-31(17)24-15-25(33)32(28(24)34)20-13-11-19(29)12-14-20/h2-14,17,22,24,30H,15-16H2,1H3. The molecule has 3 heterocycles. The predicted molar refractivity (Wildman–Crippen MR) is 137 cm³/mol. The van der Waals surface area contributed by atoms with Gasteiger partial charge in [-0.2, -0.15) is 0 Å². The molecular formula is C28H24BrN3O2. The number of nitrogens with zero attached hydrogens (tertiary/aromatic N) is 2.